The Morgan fingerprint density at radius 3 is 2.68 bits per heavy atom. The highest BCUT2D eigenvalue weighted by molar-refractivity contribution is 5.78. The average molecular weight is 261 g/mol. The normalized spacial score (nSPS) is 15.7. The molecule has 1 atom stereocenters. The number of rotatable bonds is 4. The molecule has 1 amide bonds. The van der Waals surface area contributed by atoms with E-state index in [2.05, 4.69) is 18.2 Å². The molecule has 0 radical (unpaired) electrons. The number of nitrogens with zero attached hydrogens (tertiary/aromatic N) is 1. The number of carbonyl (C=O) groups excluding carboxylic acids is 1. The average Bonchev–Trinajstić information content (AvgIpc) is 2.45. The Kier molecular flexibility index (Phi) is 4.59. The molecule has 3 heteroatoms. The van der Waals surface area contributed by atoms with Crippen LogP contribution in [-0.4, -0.2) is 35.6 Å². The molecule has 0 fully saturated rings. The molecule has 0 aromatic heterocycles. The lowest BCUT2D eigenvalue weighted by Gasteiger charge is -2.23. The monoisotopic (exact) mass is 261 g/mol. The van der Waals surface area contributed by atoms with E-state index in [1.54, 1.807) is 11.9 Å². The van der Waals surface area contributed by atoms with Crippen molar-refractivity contribution >= 4 is 5.91 Å². The van der Waals surface area contributed by atoms with Crippen molar-refractivity contribution in [2.45, 2.75) is 45.1 Å². The number of benzene rings is 1. The maximum atomic E-state index is 12.1. The lowest BCUT2D eigenvalue weighted by Crippen LogP contribution is -2.38. The molecular weight excluding hydrogens is 238 g/mol. The molecule has 3 nitrogen and oxygen atoms in total. The van der Waals surface area contributed by atoms with Crippen molar-refractivity contribution in [1.29, 1.82) is 0 Å². The van der Waals surface area contributed by atoms with Gasteiger partial charge in [-0.1, -0.05) is 18.2 Å². The maximum absolute atomic E-state index is 12.1. The van der Waals surface area contributed by atoms with Crippen molar-refractivity contribution < 1.29 is 9.90 Å². The zero-order valence-electron chi connectivity index (χ0n) is 11.9. The first-order chi connectivity index (χ1) is 9.11. The molecule has 0 heterocycles. The molecule has 0 saturated heterocycles. The van der Waals surface area contributed by atoms with Gasteiger partial charge in [0.25, 0.3) is 0 Å². The molecule has 2 rings (SSSR count). The molecule has 1 unspecified atom stereocenters. The number of hydrogen-bond acceptors (Lipinski definition) is 2. The highest BCUT2D eigenvalue weighted by atomic mass is 16.3. The Bertz CT molecular complexity index is 456. The van der Waals surface area contributed by atoms with Gasteiger partial charge in [0.05, 0.1) is 19.1 Å². The molecule has 19 heavy (non-hydrogen) atoms. The molecular formula is C16H23NO2. The number of hydrogen-bond donors (Lipinski definition) is 1. The van der Waals surface area contributed by atoms with Gasteiger partial charge >= 0.3 is 0 Å². The Labute approximate surface area is 115 Å². The molecule has 1 aromatic rings. The van der Waals surface area contributed by atoms with Crippen molar-refractivity contribution in [3.05, 3.63) is 34.9 Å². The molecule has 0 spiro atoms. The largest absolute Gasteiger partial charge is 0.394 e. The van der Waals surface area contributed by atoms with E-state index < -0.39 is 0 Å². The molecule has 104 valence electrons. The van der Waals surface area contributed by atoms with Gasteiger partial charge in [0, 0.05) is 7.05 Å². The van der Waals surface area contributed by atoms with Gasteiger partial charge in [-0.05, 0) is 49.3 Å². The SMILES string of the molecule is CC(CO)N(C)C(=O)Cc1ccc2c(c1)CCCC2. The van der Waals surface area contributed by atoms with Crippen LogP contribution in [0.3, 0.4) is 0 Å². The minimum absolute atomic E-state index is 0.00638. The molecule has 0 bridgehead atoms. The third-order valence-electron chi connectivity index (χ3n) is 4.09. The Balaban J connectivity index is 2.05. The second-order valence-electron chi connectivity index (χ2n) is 5.52. The highest BCUT2D eigenvalue weighted by Gasteiger charge is 2.16. The number of amides is 1. The maximum Gasteiger partial charge on any atom is 0.227 e. The van der Waals surface area contributed by atoms with Crippen LogP contribution in [0.4, 0.5) is 0 Å². The van der Waals surface area contributed by atoms with Crippen LogP contribution in [0.1, 0.15) is 36.5 Å². The molecule has 1 aromatic carbocycles. The number of likely N-dealkylation sites (N-methyl/N-ethyl adjacent to an activating group) is 1. The topological polar surface area (TPSA) is 40.5 Å². The first kappa shape index (κ1) is 14.1. The smallest absolute Gasteiger partial charge is 0.227 e. The molecule has 0 saturated carbocycles. The van der Waals surface area contributed by atoms with Crippen LogP contribution in [0.25, 0.3) is 0 Å². The van der Waals surface area contributed by atoms with Crippen LogP contribution in [0.2, 0.25) is 0 Å². The highest BCUT2D eigenvalue weighted by Crippen LogP contribution is 2.22. The summed E-state index contributed by atoms with van der Waals surface area (Å²) in [5, 5.41) is 9.08. The second-order valence-corrected chi connectivity index (χ2v) is 5.52. The van der Waals surface area contributed by atoms with Gasteiger partial charge in [0.1, 0.15) is 0 Å². The third kappa shape index (κ3) is 3.35. The van der Waals surface area contributed by atoms with Gasteiger partial charge in [-0.3, -0.25) is 4.79 Å². The Morgan fingerprint density at radius 2 is 2.00 bits per heavy atom. The zero-order valence-corrected chi connectivity index (χ0v) is 11.9. The van der Waals surface area contributed by atoms with Crippen LogP contribution in [0, 0.1) is 0 Å². The fourth-order valence-corrected chi connectivity index (χ4v) is 2.56. The van der Waals surface area contributed by atoms with E-state index in [1.807, 2.05) is 6.92 Å². The van der Waals surface area contributed by atoms with Gasteiger partial charge < -0.3 is 10.0 Å². The van der Waals surface area contributed by atoms with Crippen LogP contribution in [0.15, 0.2) is 18.2 Å². The second kappa shape index (κ2) is 6.20. The lowest BCUT2D eigenvalue weighted by atomic mass is 9.90. The summed E-state index contributed by atoms with van der Waals surface area (Å²) in [6.45, 7) is 1.86. The first-order valence-electron chi connectivity index (χ1n) is 7.09. The number of aliphatic hydroxyl groups is 1. The zero-order chi connectivity index (χ0) is 13.8. The summed E-state index contributed by atoms with van der Waals surface area (Å²) in [4.78, 5) is 13.7. The molecule has 0 aliphatic heterocycles. The minimum atomic E-state index is -0.120. The fourth-order valence-electron chi connectivity index (χ4n) is 2.56. The summed E-state index contributed by atoms with van der Waals surface area (Å²) in [5.74, 6) is 0.0670. The summed E-state index contributed by atoms with van der Waals surface area (Å²) < 4.78 is 0. The number of aryl methyl sites for hydroxylation is 2. The van der Waals surface area contributed by atoms with Crippen LogP contribution in [-0.2, 0) is 24.1 Å². The van der Waals surface area contributed by atoms with E-state index in [0.717, 1.165) is 12.0 Å². The van der Waals surface area contributed by atoms with Crippen LogP contribution >= 0.6 is 0 Å². The van der Waals surface area contributed by atoms with E-state index in [0.29, 0.717) is 6.42 Å². The van der Waals surface area contributed by atoms with Gasteiger partial charge in [0.2, 0.25) is 5.91 Å². The predicted molar refractivity (Wildman–Crippen MR) is 76.1 cm³/mol. The molecule has 1 N–H and O–H groups in total. The van der Waals surface area contributed by atoms with E-state index in [-0.39, 0.29) is 18.6 Å². The third-order valence-corrected chi connectivity index (χ3v) is 4.09. The van der Waals surface area contributed by atoms with Crippen molar-refractivity contribution in [2.75, 3.05) is 13.7 Å². The summed E-state index contributed by atoms with van der Waals surface area (Å²) in [6, 6.07) is 6.31. The quantitative estimate of drug-likeness (QED) is 0.900. The van der Waals surface area contributed by atoms with Crippen molar-refractivity contribution in [3.63, 3.8) is 0 Å². The van der Waals surface area contributed by atoms with Gasteiger partial charge in [0.15, 0.2) is 0 Å². The predicted octanol–water partition coefficient (Wildman–Crippen LogP) is 1.95. The van der Waals surface area contributed by atoms with Gasteiger partial charge in [-0.2, -0.15) is 0 Å². The van der Waals surface area contributed by atoms with Crippen molar-refractivity contribution in [3.8, 4) is 0 Å². The van der Waals surface area contributed by atoms with Crippen LogP contribution in [0.5, 0.6) is 0 Å². The summed E-state index contributed by atoms with van der Waals surface area (Å²) in [6.07, 6.45) is 5.27. The summed E-state index contributed by atoms with van der Waals surface area (Å²) in [5.41, 5.74) is 3.94. The summed E-state index contributed by atoms with van der Waals surface area (Å²) >= 11 is 0. The van der Waals surface area contributed by atoms with E-state index in [1.165, 1.54) is 30.4 Å². The lowest BCUT2D eigenvalue weighted by molar-refractivity contribution is -0.131. The van der Waals surface area contributed by atoms with Gasteiger partial charge in [-0.25, -0.2) is 0 Å². The van der Waals surface area contributed by atoms with E-state index in [9.17, 15) is 4.79 Å². The number of fused-ring (bicyclic) bond motifs is 1. The fraction of sp³-hybridized carbons (Fsp3) is 0.562. The number of carbonyl (C=O) groups is 1. The Morgan fingerprint density at radius 1 is 1.32 bits per heavy atom. The first-order valence-corrected chi connectivity index (χ1v) is 7.09. The Hall–Kier alpha value is -1.35. The standard InChI is InChI=1S/C16H23NO2/c1-12(11-18)17(2)16(19)10-13-7-8-14-5-3-4-6-15(14)9-13/h7-9,12,18H,3-6,10-11H2,1-2H3. The van der Waals surface area contributed by atoms with Crippen LogP contribution < -0.4 is 0 Å². The van der Waals surface area contributed by atoms with Crippen molar-refractivity contribution in [1.82, 2.24) is 4.90 Å². The van der Waals surface area contributed by atoms with E-state index >= 15 is 0 Å². The van der Waals surface area contributed by atoms with Gasteiger partial charge in [-0.15, -0.1) is 0 Å². The van der Waals surface area contributed by atoms with Crippen molar-refractivity contribution in [2.24, 2.45) is 0 Å². The van der Waals surface area contributed by atoms with E-state index in [4.69, 9.17) is 5.11 Å². The molecule has 1 aliphatic rings. The molecule has 1 aliphatic carbocycles. The minimum Gasteiger partial charge on any atom is -0.394 e. The summed E-state index contributed by atoms with van der Waals surface area (Å²) in [7, 11) is 1.75. The number of aliphatic hydroxyl groups excluding tert-OH is 1.